The molecule has 1 aliphatic carbocycles. The molecule has 1 aliphatic heterocycles. The molecule has 0 aromatic heterocycles. The van der Waals surface area contributed by atoms with E-state index < -0.39 is 0 Å². The minimum atomic E-state index is 0.705. The Morgan fingerprint density at radius 1 is 1.00 bits per heavy atom. The first-order chi connectivity index (χ1) is 8.81. The molecular formula is C15H21BrN2. The molecule has 18 heavy (non-hydrogen) atoms. The number of hydrazine groups is 1. The SMILES string of the molecule is Brc1ccc(C2CC(NN3CCCCC3)C2)cc1. The van der Waals surface area contributed by atoms with Gasteiger partial charge in [0.2, 0.25) is 0 Å². The van der Waals surface area contributed by atoms with Gasteiger partial charge in [-0.1, -0.05) is 34.5 Å². The van der Waals surface area contributed by atoms with Crippen LogP contribution in [-0.4, -0.2) is 24.1 Å². The second-order valence-electron chi connectivity index (χ2n) is 5.59. The second kappa shape index (κ2) is 5.72. The molecule has 0 radical (unpaired) electrons. The van der Waals surface area contributed by atoms with Crippen molar-refractivity contribution < 1.29 is 0 Å². The molecule has 1 aromatic carbocycles. The summed E-state index contributed by atoms with van der Waals surface area (Å²) in [7, 11) is 0. The highest BCUT2D eigenvalue weighted by Crippen LogP contribution is 2.37. The second-order valence-corrected chi connectivity index (χ2v) is 6.51. The lowest BCUT2D eigenvalue weighted by Gasteiger charge is -2.40. The van der Waals surface area contributed by atoms with E-state index in [-0.39, 0.29) is 0 Å². The molecule has 3 rings (SSSR count). The van der Waals surface area contributed by atoms with Crippen LogP contribution in [0.2, 0.25) is 0 Å². The van der Waals surface area contributed by atoms with Gasteiger partial charge in [-0.15, -0.1) is 0 Å². The molecule has 1 aromatic rings. The van der Waals surface area contributed by atoms with E-state index in [2.05, 4.69) is 50.6 Å². The van der Waals surface area contributed by atoms with Crippen LogP contribution in [0.3, 0.4) is 0 Å². The first kappa shape index (κ1) is 12.6. The highest BCUT2D eigenvalue weighted by molar-refractivity contribution is 9.10. The number of benzene rings is 1. The summed E-state index contributed by atoms with van der Waals surface area (Å²) in [5, 5.41) is 2.44. The Bertz CT molecular complexity index is 378. The minimum absolute atomic E-state index is 0.705. The third-order valence-electron chi connectivity index (χ3n) is 4.20. The molecule has 2 fully saturated rings. The number of hydrogen-bond donors (Lipinski definition) is 1. The average molecular weight is 309 g/mol. The van der Waals surface area contributed by atoms with Crippen LogP contribution in [0.25, 0.3) is 0 Å². The summed E-state index contributed by atoms with van der Waals surface area (Å²) in [6.45, 7) is 2.47. The summed E-state index contributed by atoms with van der Waals surface area (Å²) in [5.41, 5.74) is 5.19. The number of halogens is 1. The van der Waals surface area contributed by atoms with Gasteiger partial charge in [0.15, 0.2) is 0 Å². The lowest BCUT2D eigenvalue weighted by atomic mass is 9.76. The highest BCUT2D eigenvalue weighted by atomic mass is 79.9. The fourth-order valence-electron chi connectivity index (χ4n) is 3.01. The van der Waals surface area contributed by atoms with Crippen molar-refractivity contribution in [2.45, 2.75) is 44.1 Å². The molecule has 2 aliphatic rings. The van der Waals surface area contributed by atoms with Gasteiger partial charge in [0.05, 0.1) is 0 Å². The Balaban J connectivity index is 1.46. The van der Waals surface area contributed by atoms with E-state index in [0.717, 1.165) is 5.92 Å². The Morgan fingerprint density at radius 2 is 1.67 bits per heavy atom. The molecule has 1 saturated carbocycles. The predicted octanol–water partition coefficient (Wildman–Crippen LogP) is 3.69. The third-order valence-corrected chi connectivity index (χ3v) is 4.73. The van der Waals surface area contributed by atoms with Gasteiger partial charge in [-0.25, -0.2) is 5.01 Å². The van der Waals surface area contributed by atoms with E-state index in [4.69, 9.17) is 0 Å². The standard InChI is InChI=1S/C15H21BrN2/c16-14-6-4-12(5-7-14)13-10-15(11-13)17-18-8-2-1-3-9-18/h4-7,13,15,17H,1-3,8-11H2. The maximum absolute atomic E-state index is 3.69. The zero-order valence-electron chi connectivity index (χ0n) is 10.7. The topological polar surface area (TPSA) is 15.3 Å². The summed E-state index contributed by atoms with van der Waals surface area (Å²) in [4.78, 5) is 0. The van der Waals surface area contributed by atoms with Gasteiger partial charge in [-0.2, -0.15) is 0 Å². The Labute approximate surface area is 118 Å². The van der Waals surface area contributed by atoms with Crippen LogP contribution in [0.15, 0.2) is 28.7 Å². The molecule has 1 N–H and O–H groups in total. The number of rotatable bonds is 3. The summed E-state index contributed by atoms with van der Waals surface area (Å²) >= 11 is 3.49. The lowest BCUT2D eigenvalue weighted by Crippen LogP contribution is -2.51. The summed E-state index contributed by atoms with van der Waals surface area (Å²) in [5.74, 6) is 0.764. The first-order valence-electron chi connectivity index (χ1n) is 7.08. The molecular weight excluding hydrogens is 288 g/mol. The third kappa shape index (κ3) is 2.95. The predicted molar refractivity (Wildman–Crippen MR) is 78.5 cm³/mol. The molecule has 0 amide bonds. The minimum Gasteiger partial charge on any atom is -0.252 e. The van der Waals surface area contributed by atoms with Crippen LogP contribution in [-0.2, 0) is 0 Å². The van der Waals surface area contributed by atoms with Crippen molar-refractivity contribution in [3.63, 3.8) is 0 Å². The van der Waals surface area contributed by atoms with Crippen molar-refractivity contribution >= 4 is 15.9 Å². The van der Waals surface area contributed by atoms with Crippen molar-refractivity contribution in [1.29, 1.82) is 0 Å². The van der Waals surface area contributed by atoms with E-state index in [1.165, 1.54) is 55.2 Å². The van der Waals surface area contributed by atoms with E-state index in [1.807, 2.05) is 0 Å². The molecule has 98 valence electrons. The monoisotopic (exact) mass is 308 g/mol. The normalized spacial score (nSPS) is 28.9. The van der Waals surface area contributed by atoms with E-state index >= 15 is 0 Å². The Kier molecular flexibility index (Phi) is 4.02. The molecule has 0 bridgehead atoms. The largest absolute Gasteiger partial charge is 0.252 e. The van der Waals surface area contributed by atoms with Crippen LogP contribution in [0.1, 0.15) is 43.6 Å². The molecule has 0 atom stereocenters. The average Bonchev–Trinajstić information content (AvgIpc) is 2.36. The molecule has 1 saturated heterocycles. The first-order valence-corrected chi connectivity index (χ1v) is 7.87. The maximum atomic E-state index is 3.69. The van der Waals surface area contributed by atoms with Crippen LogP contribution >= 0.6 is 15.9 Å². The Hall–Kier alpha value is -0.380. The number of nitrogens with one attached hydrogen (secondary N) is 1. The molecule has 0 unspecified atom stereocenters. The van der Waals surface area contributed by atoms with Crippen molar-refractivity contribution in [2.75, 3.05) is 13.1 Å². The van der Waals surface area contributed by atoms with E-state index in [0.29, 0.717) is 6.04 Å². The fraction of sp³-hybridized carbons (Fsp3) is 0.600. The van der Waals surface area contributed by atoms with Gasteiger partial charge < -0.3 is 0 Å². The van der Waals surface area contributed by atoms with Crippen molar-refractivity contribution in [3.8, 4) is 0 Å². The Morgan fingerprint density at radius 3 is 2.33 bits per heavy atom. The van der Waals surface area contributed by atoms with Crippen LogP contribution in [0.5, 0.6) is 0 Å². The quantitative estimate of drug-likeness (QED) is 0.916. The van der Waals surface area contributed by atoms with Crippen LogP contribution in [0.4, 0.5) is 0 Å². The number of piperidine rings is 1. The number of nitrogens with zero attached hydrogens (tertiary/aromatic N) is 1. The molecule has 1 heterocycles. The van der Waals surface area contributed by atoms with E-state index in [9.17, 15) is 0 Å². The van der Waals surface area contributed by atoms with Gasteiger partial charge in [-0.05, 0) is 49.3 Å². The summed E-state index contributed by atoms with van der Waals surface area (Å²) in [6.07, 6.45) is 6.70. The van der Waals surface area contributed by atoms with Crippen molar-refractivity contribution in [1.82, 2.24) is 10.4 Å². The zero-order chi connectivity index (χ0) is 12.4. The van der Waals surface area contributed by atoms with Crippen molar-refractivity contribution in [2.24, 2.45) is 0 Å². The van der Waals surface area contributed by atoms with Gasteiger partial charge in [-0.3, -0.25) is 5.43 Å². The van der Waals surface area contributed by atoms with Crippen LogP contribution < -0.4 is 5.43 Å². The maximum Gasteiger partial charge on any atom is 0.0226 e. The van der Waals surface area contributed by atoms with Gasteiger partial charge in [0.1, 0.15) is 0 Å². The van der Waals surface area contributed by atoms with Gasteiger partial charge >= 0.3 is 0 Å². The van der Waals surface area contributed by atoms with Gasteiger partial charge in [0, 0.05) is 23.6 Å². The molecule has 0 spiro atoms. The van der Waals surface area contributed by atoms with Crippen molar-refractivity contribution in [3.05, 3.63) is 34.3 Å². The number of hydrogen-bond acceptors (Lipinski definition) is 2. The molecule has 3 heteroatoms. The van der Waals surface area contributed by atoms with Crippen LogP contribution in [0, 0.1) is 0 Å². The molecule has 2 nitrogen and oxygen atoms in total. The van der Waals surface area contributed by atoms with Gasteiger partial charge in [0.25, 0.3) is 0 Å². The highest BCUT2D eigenvalue weighted by Gasteiger charge is 2.31. The zero-order valence-corrected chi connectivity index (χ0v) is 12.3. The lowest BCUT2D eigenvalue weighted by molar-refractivity contribution is 0.0917. The summed E-state index contributed by atoms with van der Waals surface area (Å²) < 4.78 is 1.17. The van der Waals surface area contributed by atoms with E-state index in [1.54, 1.807) is 0 Å². The summed E-state index contributed by atoms with van der Waals surface area (Å²) in [6, 6.07) is 9.52. The fourth-order valence-corrected chi connectivity index (χ4v) is 3.28. The smallest absolute Gasteiger partial charge is 0.0226 e.